The molecular weight excluding hydrogens is 492 g/mol. The van der Waals surface area contributed by atoms with Gasteiger partial charge in [-0.3, -0.25) is 14.5 Å². The smallest absolute Gasteiger partial charge is 0.295 e. The van der Waals surface area contributed by atoms with Crippen molar-refractivity contribution in [2.24, 2.45) is 0 Å². The van der Waals surface area contributed by atoms with Crippen LogP contribution >= 0.6 is 15.9 Å². The number of aliphatic hydroxyl groups excluding tert-OH is 1. The van der Waals surface area contributed by atoms with E-state index in [2.05, 4.69) is 20.8 Å². The average molecular weight is 515 g/mol. The zero-order valence-electron chi connectivity index (χ0n) is 17.8. The van der Waals surface area contributed by atoms with Gasteiger partial charge in [-0.15, -0.1) is 0 Å². The van der Waals surface area contributed by atoms with Crippen LogP contribution in [-0.4, -0.2) is 72.8 Å². The second-order valence-electron chi connectivity index (χ2n) is 8.07. The van der Waals surface area contributed by atoms with Crippen LogP contribution in [0.4, 0.5) is 0 Å². The topological polar surface area (TPSA) is 88.5 Å². The van der Waals surface area contributed by atoms with Crippen molar-refractivity contribution in [3.05, 3.63) is 63.6 Å². The molecule has 0 spiro atoms. The molecule has 5 rings (SSSR count). The minimum Gasteiger partial charge on any atom is -0.507 e. The van der Waals surface area contributed by atoms with E-state index >= 15 is 0 Å². The number of rotatable bonds is 5. The van der Waals surface area contributed by atoms with Crippen molar-refractivity contribution >= 4 is 33.4 Å². The number of ketones is 1. The van der Waals surface area contributed by atoms with Gasteiger partial charge in [0.2, 0.25) is 6.79 Å². The van der Waals surface area contributed by atoms with E-state index in [1.807, 2.05) is 24.3 Å². The number of hydrogen-bond donors (Lipinski definition) is 1. The van der Waals surface area contributed by atoms with E-state index in [4.69, 9.17) is 14.2 Å². The number of Topliss-reactive ketones (excluding diaryl/α,β-unsaturated/α-hetero) is 1. The fourth-order valence-electron chi connectivity index (χ4n) is 4.38. The third kappa shape index (κ3) is 4.23. The van der Waals surface area contributed by atoms with Crippen LogP contribution in [0.1, 0.15) is 17.2 Å². The second-order valence-corrected chi connectivity index (χ2v) is 8.98. The summed E-state index contributed by atoms with van der Waals surface area (Å²) in [5, 5.41) is 11.2. The van der Waals surface area contributed by atoms with Crippen LogP contribution in [-0.2, 0) is 14.3 Å². The minimum atomic E-state index is -0.694. The number of nitrogens with zero attached hydrogens (tertiary/aromatic N) is 2. The molecule has 33 heavy (non-hydrogen) atoms. The van der Waals surface area contributed by atoms with Gasteiger partial charge >= 0.3 is 0 Å². The lowest BCUT2D eigenvalue weighted by atomic mass is 9.95. The van der Waals surface area contributed by atoms with Gasteiger partial charge in [-0.1, -0.05) is 28.1 Å². The van der Waals surface area contributed by atoms with E-state index < -0.39 is 17.7 Å². The molecule has 3 heterocycles. The summed E-state index contributed by atoms with van der Waals surface area (Å²) in [5.41, 5.74) is 1.22. The monoisotopic (exact) mass is 514 g/mol. The maximum Gasteiger partial charge on any atom is 0.295 e. The van der Waals surface area contributed by atoms with E-state index in [1.54, 1.807) is 23.1 Å². The largest absolute Gasteiger partial charge is 0.507 e. The number of amides is 1. The van der Waals surface area contributed by atoms with Crippen molar-refractivity contribution in [2.75, 3.05) is 46.2 Å². The maximum absolute atomic E-state index is 13.2. The molecule has 2 aromatic carbocycles. The van der Waals surface area contributed by atoms with Gasteiger partial charge in [0.15, 0.2) is 11.5 Å². The van der Waals surface area contributed by atoms with E-state index in [1.165, 1.54) is 0 Å². The molecule has 0 bridgehead atoms. The van der Waals surface area contributed by atoms with Crippen molar-refractivity contribution in [2.45, 2.75) is 6.04 Å². The molecule has 2 aromatic rings. The summed E-state index contributed by atoms with van der Waals surface area (Å²) < 4.78 is 17.0. The third-order valence-corrected chi connectivity index (χ3v) is 6.66. The second kappa shape index (κ2) is 9.17. The lowest BCUT2D eigenvalue weighted by Crippen LogP contribution is -2.42. The van der Waals surface area contributed by atoms with Crippen molar-refractivity contribution < 1.29 is 28.9 Å². The third-order valence-electron chi connectivity index (χ3n) is 6.13. The quantitative estimate of drug-likeness (QED) is 0.372. The molecule has 0 radical (unpaired) electrons. The molecule has 3 aliphatic rings. The Balaban J connectivity index is 1.53. The average Bonchev–Trinajstić information content (AvgIpc) is 3.41. The zero-order valence-corrected chi connectivity index (χ0v) is 19.4. The molecule has 1 atom stereocenters. The Morgan fingerprint density at radius 3 is 2.48 bits per heavy atom. The van der Waals surface area contributed by atoms with Crippen LogP contribution in [0.15, 0.2) is 52.5 Å². The molecule has 0 aromatic heterocycles. The summed E-state index contributed by atoms with van der Waals surface area (Å²) in [7, 11) is 0. The SMILES string of the molecule is O=C1C(=O)N(CCN2CCOCC2)C(c2ccc(Br)cc2)C1=C(O)c1ccc2c(c1)OCO2. The van der Waals surface area contributed by atoms with Crippen LogP contribution in [0.3, 0.4) is 0 Å². The molecule has 2 fully saturated rings. The lowest BCUT2D eigenvalue weighted by Gasteiger charge is -2.31. The van der Waals surface area contributed by atoms with E-state index in [0.29, 0.717) is 43.4 Å². The first kappa shape index (κ1) is 21.9. The Morgan fingerprint density at radius 1 is 1.00 bits per heavy atom. The lowest BCUT2D eigenvalue weighted by molar-refractivity contribution is -0.140. The number of halogens is 1. The van der Waals surface area contributed by atoms with Crippen LogP contribution < -0.4 is 9.47 Å². The van der Waals surface area contributed by atoms with Gasteiger partial charge in [-0.25, -0.2) is 0 Å². The highest BCUT2D eigenvalue weighted by molar-refractivity contribution is 9.10. The van der Waals surface area contributed by atoms with E-state index in [0.717, 1.165) is 23.1 Å². The molecule has 1 unspecified atom stereocenters. The summed E-state index contributed by atoms with van der Waals surface area (Å²) in [6.07, 6.45) is 0. The standard InChI is InChI=1S/C24H23BrN2O6/c25-17-4-1-15(2-5-17)21-20(22(28)16-3-6-18-19(13-16)33-14-32-18)23(29)24(30)27(21)8-7-26-9-11-31-12-10-26/h1-6,13,21,28H,7-12,14H2. The van der Waals surface area contributed by atoms with Gasteiger partial charge in [0.25, 0.3) is 11.7 Å². The van der Waals surface area contributed by atoms with Gasteiger partial charge in [0.1, 0.15) is 5.76 Å². The van der Waals surface area contributed by atoms with Gasteiger partial charge in [0, 0.05) is 36.2 Å². The first-order chi connectivity index (χ1) is 16.0. The van der Waals surface area contributed by atoms with Gasteiger partial charge in [-0.05, 0) is 35.9 Å². The number of likely N-dealkylation sites (tertiary alicyclic amines) is 1. The molecular formula is C24H23BrN2O6. The summed E-state index contributed by atoms with van der Waals surface area (Å²) in [6.45, 7) is 3.95. The molecule has 172 valence electrons. The number of aliphatic hydroxyl groups is 1. The maximum atomic E-state index is 13.2. The summed E-state index contributed by atoms with van der Waals surface area (Å²) >= 11 is 3.43. The normalized spacial score (nSPS) is 22.2. The molecule has 1 N–H and O–H groups in total. The predicted molar refractivity (Wildman–Crippen MR) is 123 cm³/mol. The first-order valence-electron chi connectivity index (χ1n) is 10.8. The van der Waals surface area contributed by atoms with Gasteiger partial charge < -0.3 is 24.2 Å². The summed E-state index contributed by atoms with van der Waals surface area (Å²) in [4.78, 5) is 30.0. The highest BCUT2D eigenvalue weighted by atomic mass is 79.9. The van der Waals surface area contributed by atoms with Crippen LogP contribution in [0.5, 0.6) is 11.5 Å². The minimum absolute atomic E-state index is 0.0724. The Labute approximate surface area is 199 Å². The molecule has 1 amide bonds. The molecule has 0 saturated carbocycles. The van der Waals surface area contributed by atoms with Crippen molar-refractivity contribution in [3.8, 4) is 11.5 Å². The Kier molecular flexibility index (Phi) is 6.09. The Bertz CT molecular complexity index is 1110. The number of hydrogen-bond acceptors (Lipinski definition) is 7. The molecule has 0 aliphatic carbocycles. The number of morpholine rings is 1. The Hall–Kier alpha value is -2.88. The van der Waals surface area contributed by atoms with Crippen molar-refractivity contribution in [1.82, 2.24) is 9.80 Å². The number of ether oxygens (including phenoxy) is 3. The first-order valence-corrected chi connectivity index (χ1v) is 11.6. The van der Waals surface area contributed by atoms with Crippen LogP contribution in [0, 0.1) is 0 Å². The highest BCUT2D eigenvalue weighted by Gasteiger charge is 2.46. The molecule has 9 heteroatoms. The zero-order chi connectivity index (χ0) is 22.9. The van der Waals surface area contributed by atoms with Gasteiger partial charge in [-0.2, -0.15) is 0 Å². The number of fused-ring (bicyclic) bond motifs is 1. The van der Waals surface area contributed by atoms with Crippen LogP contribution in [0.25, 0.3) is 5.76 Å². The van der Waals surface area contributed by atoms with E-state index in [-0.39, 0.29) is 18.1 Å². The number of benzene rings is 2. The van der Waals surface area contributed by atoms with E-state index in [9.17, 15) is 14.7 Å². The number of carbonyl (C=O) groups is 2. The summed E-state index contributed by atoms with van der Waals surface area (Å²) in [5.74, 6) is -0.477. The van der Waals surface area contributed by atoms with Gasteiger partial charge in [0.05, 0.1) is 24.8 Å². The van der Waals surface area contributed by atoms with Crippen LogP contribution in [0.2, 0.25) is 0 Å². The highest BCUT2D eigenvalue weighted by Crippen LogP contribution is 2.41. The molecule has 3 aliphatic heterocycles. The fraction of sp³-hybridized carbons (Fsp3) is 0.333. The predicted octanol–water partition coefficient (Wildman–Crippen LogP) is 2.93. The Morgan fingerprint density at radius 2 is 1.73 bits per heavy atom. The van der Waals surface area contributed by atoms with Crippen molar-refractivity contribution in [3.63, 3.8) is 0 Å². The summed E-state index contributed by atoms with van der Waals surface area (Å²) in [6, 6.07) is 11.7. The van der Waals surface area contributed by atoms with Crippen molar-refractivity contribution in [1.29, 1.82) is 0 Å². The molecule has 8 nitrogen and oxygen atoms in total. The fourth-order valence-corrected chi connectivity index (χ4v) is 4.64. The molecule has 2 saturated heterocycles. The number of carbonyl (C=O) groups excluding carboxylic acids is 2.